The molecule has 134 valence electrons. The number of nitrogens with zero attached hydrogens (tertiary/aromatic N) is 4. The fraction of sp³-hybridized carbons (Fsp3) is 0.474. The monoisotopic (exact) mass is 342 g/mol. The fourth-order valence-electron chi connectivity index (χ4n) is 2.79. The standard InChI is InChI=1S/C17H20N4O2.C2H6/c1-12-3-4-15(11-20-12)23-17-16(18-7-8-19-17)14-5-9-21(10-6-14)13(2)22;1-2/h3-4,7-8,11,14H,5-6,9-10H2,1-2H3;1-2H3. The molecule has 0 atom stereocenters. The molecule has 0 N–H and O–H groups in total. The van der Waals surface area contributed by atoms with E-state index in [0.29, 0.717) is 11.6 Å². The molecule has 2 aromatic rings. The Hall–Kier alpha value is -2.50. The molecular formula is C19H26N4O2. The highest BCUT2D eigenvalue weighted by molar-refractivity contribution is 5.73. The van der Waals surface area contributed by atoms with Gasteiger partial charge in [0.2, 0.25) is 11.8 Å². The van der Waals surface area contributed by atoms with Crippen LogP contribution in [-0.4, -0.2) is 38.8 Å². The number of ether oxygens (including phenoxy) is 1. The number of hydrogen-bond acceptors (Lipinski definition) is 5. The number of hydrogen-bond donors (Lipinski definition) is 0. The second-order valence-electron chi connectivity index (χ2n) is 5.76. The van der Waals surface area contributed by atoms with Crippen LogP contribution in [0.5, 0.6) is 11.6 Å². The van der Waals surface area contributed by atoms with E-state index < -0.39 is 0 Å². The molecule has 0 spiro atoms. The SMILES string of the molecule is CC.CC(=O)N1CCC(c2nccnc2Oc2ccc(C)nc2)CC1. The van der Waals surface area contributed by atoms with E-state index in [1.807, 2.05) is 37.8 Å². The van der Waals surface area contributed by atoms with Gasteiger partial charge in [-0.05, 0) is 31.9 Å². The second kappa shape index (κ2) is 9.11. The third-order valence-electron chi connectivity index (χ3n) is 4.12. The van der Waals surface area contributed by atoms with Gasteiger partial charge in [-0.2, -0.15) is 0 Å². The highest BCUT2D eigenvalue weighted by Gasteiger charge is 2.26. The molecule has 1 fully saturated rings. The summed E-state index contributed by atoms with van der Waals surface area (Å²) < 4.78 is 5.88. The van der Waals surface area contributed by atoms with Crippen molar-refractivity contribution in [3.8, 4) is 11.6 Å². The number of carbonyl (C=O) groups is 1. The molecule has 3 heterocycles. The lowest BCUT2D eigenvalue weighted by Gasteiger charge is -2.31. The van der Waals surface area contributed by atoms with Gasteiger partial charge in [-0.15, -0.1) is 0 Å². The van der Waals surface area contributed by atoms with Gasteiger partial charge in [0.1, 0.15) is 11.4 Å². The molecule has 25 heavy (non-hydrogen) atoms. The van der Waals surface area contributed by atoms with Crippen molar-refractivity contribution < 1.29 is 9.53 Å². The highest BCUT2D eigenvalue weighted by atomic mass is 16.5. The van der Waals surface area contributed by atoms with Crippen LogP contribution in [0.15, 0.2) is 30.7 Å². The van der Waals surface area contributed by atoms with E-state index in [9.17, 15) is 4.79 Å². The average molecular weight is 342 g/mol. The largest absolute Gasteiger partial charge is 0.436 e. The van der Waals surface area contributed by atoms with E-state index in [4.69, 9.17) is 4.74 Å². The Bertz CT molecular complexity index is 680. The van der Waals surface area contributed by atoms with Crippen LogP contribution in [0.25, 0.3) is 0 Å². The Labute approximate surface area is 149 Å². The minimum Gasteiger partial charge on any atom is -0.436 e. The number of carbonyl (C=O) groups excluding carboxylic acids is 1. The summed E-state index contributed by atoms with van der Waals surface area (Å²) in [5, 5.41) is 0. The molecule has 6 nitrogen and oxygen atoms in total. The Balaban J connectivity index is 0.00000109. The van der Waals surface area contributed by atoms with Gasteiger partial charge in [0.25, 0.3) is 0 Å². The smallest absolute Gasteiger partial charge is 0.241 e. The van der Waals surface area contributed by atoms with Gasteiger partial charge in [-0.1, -0.05) is 13.8 Å². The number of aryl methyl sites for hydroxylation is 1. The topological polar surface area (TPSA) is 68.2 Å². The third kappa shape index (κ3) is 4.98. The maximum absolute atomic E-state index is 11.4. The predicted molar refractivity (Wildman–Crippen MR) is 96.7 cm³/mol. The van der Waals surface area contributed by atoms with Crippen LogP contribution < -0.4 is 4.74 Å². The number of rotatable bonds is 3. The molecule has 0 saturated carbocycles. The molecule has 0 aromatic carbocycles. The van der Waals surface area contributed by atoms with E-state index in [-0.39, 0.29) is 11.8 Å². The highest BCUT2D eigenvalue weighted by Crippen LogP contribution is 2.33. The van der Waals surface area contributed by atoms with Crippen molar-refractivity contribution in [1.82, 2.24) is 19.9 Å². The van der Waals surface area contributed by atoms with E-state index in [0.717, 1.165) is 37.3 Å². The average Bonchev–Trinajstić information content (AvgIpc) is 2.66. The summed E-state index contributed by atoms with van der Waals surface area (Å²) in [5.74, 6) is 1.57. The summed E-state index contributed by atoms with van der Waals surface area (Å²) in [5.41, 5.74) is 1.80. The molecule has 0 bridgehead atoms. The first-order valence-corrected chi connectivity index (χ1v) is 8.80. The Kier molecular flexibility index (Phi) is 6.86. The Morgan fingerprint density at radius 3 is 2.40 bits per heavy atom. The van der Waals surface area contributed by atoms with Crippen LogP contribution in [0.1, 0.15) is 50.9 Å². The van der Waals surface area contributed by atoms with Gasteiger partial charge in [-0.25, -0.2) is 4.98 Å². The van der Waals surface area contributed by atoms with Gasteiger partial charge in [0, 0.05) is 44.0 Å². The van der Waals surface area contributed by atoms with Crippen LogP contribution >= 0.6 is 0 Å². The summed E-state index contributed by atoms with van der Waals surface area (Å²) in [6, 6.07) is 3.77. The van der Waals surface area contributed by atoms with Gasteiger partial charge in [0.05, 0.1) is 6.20 Å². The third-order valence-corrected chi connectivity index (χ3v) is 4.12. The summed E-state index contributed by atoms with van der Waals surface area (Å²) in [4.78, 5) is 26.4. The van der Waals surface area contributed by atoms with E-state index in [1.54, 1.807) is 25.5 Å². The van der Waals surface area contributed by atoms with Crippen LogP contribution in [-0.2, 0) is 4.79 Å². The van der Waals surface area contributed by atoms with Crippen molar-refractivity contribution in [2.75, 3.05) is 13.1 Å². The minimum absolute atomic E-state index is 0.129. The summed E-state index contributed by atoms with van der Waals surface area (Å²) in [6.07, 6.45) is 6.76. The first-order chi connectivity index (χ1) is 12.1. The molecule has 1 aliphatic heterocycles. The molecule has 1 amide bonds. The normalized spacial score (nSPS) is 14.5. The van der Waals surface area contributed by atoms with E-state index in [2.05, 4.69) is 15.0 Å². The van der Waals surface area contributed by atoms with Gasteiger partial charge < -0.3 is 9.64 Å². The lowest BCUT2D eigenvalue weighted by Crippen LogP contribution is -2.36. The van der Waals surface area contributed by atoms with Gasteiger partial charge in [0.15, 0.2) is 0 Å². The van der Waals surface area contributed by atoms with Crippen molar-refractivity contribution in [3.63, 3.8) is 0 Å². The molecule has 2 aromatic heterocycles. The van der Waals surface area contributed by atoms with Crippen molar-refractivity contribution in [2.45, 2.75) is 46.5 Å². The van der Waals surface area contributed by atoms with Crippen molar-refractivity contribution >= 4 is 5.91 Å². The van der Waals surface area contributed by atoms with Crippen LogP contribution in [0.4, 0.5) is 0 Å². The van der Waals surface area contributed by atoms with Crippen molar-refractivity contribution in [3.05, 3.63) is 42.1 Å². The zero-order valence-corrected chi connectivity index (χ0v) is 15.4. The maximum atomic E-state index is 11.4. The summed E-state index contributed by atoms with van der Waals surface area (Å²) in [7, 11) is 0. The minimum atomic E-state index is 0.129. The number of likely N-dealkylation sites (tertiary alicyclic amines) is 1. The summed E-state index contributed by atoms with van der Waals surface area (Å²) >= 11 is 0. The maximum Gasteiger partial charge on any atom is 0.241 e. The number of piperidine rings is 1. The van der Waals surface area contributed by atoms with E-state index >= 15 is 0 Å². The lowest BCUT2D eigenvalue weighted by molar-refractivity contribution is -0.129. The molecular weight excluding hydrogens is 316 g/mol. The predicted octanol–water partition coefficient (Wildman–Crippen LogP) is 3.72. The van der Waals surface area contributed by atoms with Crippen LogP contribution in [0.2, 0.25) is 0 Å². The van der Waals surface area contributed by atoms with Crippen LogP contribution in [0, 0.1) is 6.92 Å². The zero-order chi connectivity index (χ0) is 18.2. The van der Waals surface area contributed by atoms with Gasteiger partial charge in [-0.3, -0.25) is 14.8 Å². The molecule has 0 unspecified atom stereocenters. The Morgan fingerprint density at radius 2 is 1.80 bits per heavy atom. The molecule has 0 aliphatic carbocycles. The zero-order valence-electron chi connectivity index (χ0n) is 15.4. The number of amides is 1. The molecule has 1 aliphatic rings. The first-order valence-electron chi connectivity index (χ1n) is 8.80. The van der Waals surface area contributed by atoms with Crippen molar-refractivity contribution in [2.24, 2.45) is 0 Å². The number of aromatic nitrogens is 3. The van der Waals surface area contributed by atoms with E-state index in [1.165, 1.54) is 0 Å². The molecule has 6 heteroatoms. The summed E-state index contributed by atoms with van der Waals surface area (Å²) in [6.45, 7) is 9.05. The first kappa shape index (κ1) is 18.8. The molecule has 0 radical (unpaired) electrons. The fourth-order valence-corrected chi connectivity index (χ4v) is 2.79. The quantitative estimate of drug-likeness (QED) is 0.850. The van der Waals surface area contributed by atoms with Crippen molar-refractivity contribution in [1.29, 1.82) is 0 Å². The molecule has 1 saturated heterocycles. The van der Waals surface area contributed by atoms with Gasteiger partial charge >= 0.3 is 0 Å². The second-order valence-corrected chi connectivity index (χ2v) is 5.76. The Morgan fingerprint density at radius 1 is 1.12 bits per heavy atom. The lowest BCUT2D eigenvalue weighted by atomic mass is 9.93. The van der Waals surface area contributed by atoms with Crippen LogP contribution in [0.3, 0.4) is 0 Å². The molecule has 3 rings (SSSR count). The number of pyridine rings is 1.